The van der Waals surface area contributed by atoms with Crippen LogP contribution in [0.1, 0.15) is 18.4 Å². The maximum Gasteiger partial charge on any atom is 0.223 e. The van der Waals surface area contributed by atoms with Crippen LogP contribution in [-0.4, -0.2) is 43.0 Å². The Hall–Kier alpha value is -2.06. The minimum atomic E-state index is -0.174. The normalized spacial score (nSPS) is 20.8. The molecule has 2 fully saturated rings. The fourth-order valence-corrected chi connectivity index (χ4v) is 3.31. The van der Waals surface area contributed by atoms with Crippen LogP contribution in [0.15, 0.2) is 24.3 Å². The van der Waals surface area contributed by atoms with Crippen molar-refractivity contribution in [3.05, 3.63) is 29.8 Å². The molecule has 5 heteroatoms. The number of nitriles is 1. The number of piperidine rings is 1. The minimum Gasteiger partial charge on any atom is -0.370 e. The zero-order valence-electron chi connectivity index (χ0n) is 12.0. The topological polar surface area (TPSA) is 73.4 Å². The number of nitrogens with two attached hydrogens (primary N) is 1. The van der Waals surface area contributed by atoms with E-state index in [1.54, 1.807) is 0 Å². The molecule has 2 N–H and O–H groups in total. The Morgan fingerprint density at radius 2 is 1.90 bits per heavy atom. The Balaban J connectivity index is 1.56. The number of hydrogen-bond donors (Lipinski definition) is 1. The summed E-state index contributed by atoms with van der Waals surface area (Å²) in [6.45, 7) is 3.55. The lowest BCUT2D eigenvalue weighted by Gasteiger charge is -2.46. The Bertz CT molecular complexity index is 566. The Morgan fingerprint density at radius 1 is 1.24 bits per heavy atom. The van der Waals surface area contributed by atoms with Crippen LogP contribution in [0.3, 0.4) is 0 Å². The third-order valence-corrected chi connectivity index (χ3v) is 4.66. The lowest BCUT2D eigenvalue weighted by Crippen LogP contribution is -2.58. The predicted molar refractivity (Wildman–Crippen MR) is 80.6 cm³/mol. The fraction of sp³-hybridized carbons (Fsp3) is 0.500. The quantitative estimate of drug-likeness (QED) is 0.896. The molecular formula is C16H20N4O. The summed E-state index contributed by atoms with van der Waals surface area (Å²) in [6.07, 6.45) is 2.15. The number of carbonyl (C=O) groups is 1. The van der Waals surface area contributed by atoms with Crippen LogP contribution < -0.4 is 10.6 Å². The van der Waals surface area contributed by atoms with E-state index in [9.17, 15) is 10.1 Å². The highest BCUT2D eigenvalue weighted by molar-refractivity contribution is 5.78. The Morgan fingerprint density at radius 3 is 2.52 bits per heavy atom. The summed E-state index contributed by atoms with van der Waals surface area (Å²) in [5.74, 6) is -0.131. The molecule has 0 bridgehead atoms. The molecule has 1 aromatic carbocycles. The highest BCUT2D eigenvalue weighted by Crippen LogP contribution is 2.28. The number of para-hydroxylation sites is 1. The molecule has 110 valence electrons. The van der Waals surface area contributed by atoms with Gasteiger partial charge in [0, 0.05) is 32.2 Å². The van der Waals surface area contributed by atoms with Crippen LogP contribution in [0.5, 0.6) is 0 Å². The van der Waals surface area contributed by atoms with E-state index in [1.807, 2.05) is 24.3 Å². The summed E-state index contributed by atoms with van der Waals surface area (Å²) in [5.41, 5.74) is 7.10. The Kier molecular flexibility index (Phi) is 3.80. The van der Waals surface area contributed by atoms with Gasteiger partial charge in [0.2, 0.25) is 5.91 Å². The lowest BCUT2D eigenvalue weighted by molar-refractivity contribution is -0.128. The minimum absolute atomic E-state index is 0.0438. The van der Waals surface area contributed by atoms with Gasteiger partial charge < -0.3 is 10.6 Å². The van der Waals surface area contributed by atoms with E-state index in [4.69, 9.17) is 5.73 Å². The number of rotatable bonds is 3. The molecule has 1 aromatic rings. The van der Waals surface area contributed by atoms with E-state index in [1.165, 1.54) is 0 Å². The van der Waals surface area contributed by atoms with Crippen molar-refractivity contribution >= 4 is 11.6 Å². The summed E-state index contributed by atoms with van der Waals surface area (Å²) in [7, 11) is 0. The number of amides is 1. The van der Waals surface area contributed by atoms with Gasteiger partial charge in [-0.05, 0) is 25.0 Å². The Labute approximate surface area is 124 Å². The zero-order valence-corrected chi connectivity index (χ0v) is 12.0. The van der Waals surface area contributed by atoms with Gasteiger partial charge in [0.1, 0.15) is 6.07 Å². The van der Waals surface area contributed by atoms with E-state index < -0.39 is 0 Å². The van der Waals surface area contributed by atoms with Crippen molar-refractivity contribution in [3.63, 3.8) is 0 Å². The monoisotopic (exact) mass is 284 g/mol. The van der Waals surface area contributed by atoms with Gasteiger partial charge in [-0.15, -0.1) is 0 Å². The molecule has 2 aliphatic rings. The van der Waals surface area contributed by atoms with Gasteiger partial charge in [-0.3, -0.25) is 9.69 Å². The van der Waals surface area contributed by atoms with Crippen molar-refractivity contribution in [2.75, 3.05) is 31.1 Å². The zero-order chi connectivity index (χ0) is 14.8. The molecule has 5 nitrogen and oxygen atoms in total. The lowest BCUT2D eigenvalue weighted by atomic mass is 9.92. The molecule has 0 unspecified atom stereocenters. The molecule has 0 aromatic heterocycles. The first-order valence-electron chi connectivity index (χ1n) is 7.46. The molecule has 21 heavy (non-hydrogen) atoms. The molecular weight excluding hydrogens is 264 g/mol. The second-order valence-electron chi connectivity index (χ2n) is 5.90. The van der Waals surface area contributed by atoms with E-state index in [2.05, 4.69) is 15.9 Å². The number of primary amides is 1. The number of nitrogens with zero attached hydrogens (tertiary/aromatic N) is 3. The standard InChI is InChI=1S/C16H20N4O/c17-9-12-3-1-2-4-15(12)19-7-5-14(6-8-19)20-10-13(11-20)16(18)21/h1-4,13-14H,5-8,10-11H2,(H2,18,21). The number of likely N-dealkylation sites (tertiary alicyclic amines) is 1. The number of anilines is 1. The molecule has 0 saturated carbocycles. The maximum absolute atomic E-state index is 11.1. The van der Waals surface area contributed by atoms with Crippen LogP contribution in [0.25, 0.3) is 0 Å². The second kappa shape index (κ2) is 5.74. The van der Waals surface area contributed by atoms with Crippen molar-refractivity contribution in [2.45, 2.75) is 18.9 Å². The van der Waals surface area contributed by atoms with Gasteiger partial charge in [-0.1, -0.05) is 12.1 Å². The maximum atomic E-state index is 11.1. The number of benzene rings is 1. The molecule has 1 amide bonds. The van der Waals surface area contributed by atoms with Crippen LogP contribution in [0.2, 0.25) is 0 Å². The molecule has 2 aliphatic heterocycles. The average Bonchev–Trinajstić information content (AvgIpc) is 2.46. The fourth-order valence-electron chi connectivity index (χ4n) is 3.31. The first-order chi connectivity index (χ1) is 10.2. The highest BCUT2D eigenvalue weighted by atomic mass is 16.1. The molecule has 2 heterocycles. The van der Waals surface area contributed by atoms with E-state index in [0.29, 0.717) is 6.04 Å². The number of hydrogen-bond acceptors (Lipinski definition) is 4. The van der Waals surface area contributed by atoms with Crippen molar-refractivity contribution in [1.82, 2.24) is 4.90 Å². The van der Waals surface area contributed by atoms with Crippen molar-refractivity contribution in [1.29, 1.82) is 5.26 Å². The molecule has 0 spiro atoms. The summed E-state index contributed by atoms with van der Waals surface area (Å²) >= 11 is 0. The molecule has 0 radical (unpaired) electrons. The van der Waals surface area contributed by atoms with Crippen LogP contribution in [-0.2, 0) is 4.79 Å². The largest absolute Gasteiger partial charge is 0.370 e. The molecule has 3 rings (SSSR count). The molecule has 0 aliphatic carbocycles. The first kappa shape index (κ1) is 13.9. The molecule has 0 atom stereocenters. The summed E-state index contributed by atoms with van der Waals surface area (Å²) in [4.78, 5) is 15.7. The van der Waals surface area contributed by atoms with Crippen LogP contribution >= 0.6 is 0 Å². The van der Waals surface area contributed by atoms with Crippen molar-refractivity contribution < 1.29 is 4.79 Å². The first-order valence-corrected chi connectivity index (χ1v) is 7.46. The average molecular weight is 284 g/mol. The van der Waals surface area contributed by atoms with E-state index in [-0.39, 0.29) is 11.8 Å². The van der Waals surface area contributed by atoms with Gasteiger partial charge in [-0.2, -0.15) is 5.26 Å². The predicted octanol–water partition coefficient (Wildman–Crippen LogP) is 0.944. The van der Waals surface area contributed by atoms with Crippen LogP contribution in [0, 0.1) is 17.2 Å². The molecule has 2 saturated heterocycles. The van der Waals surface area contributed by atoms with Gasteiger partial charge in [0.05, 0.1) is 17.2 Å². The smallest absolute Gasteiger partial charge is 0.223 e. The highest BCUT2D eigenvalue weighted by Gasteiger charge is 2.36. The van der Waals surface area contributed by atoms with Gasteiger partial charge in [0.15, 0.2) is 0 Å². The summed E-state index contributed by atoms with van der Waals surface area (Å²) < 4.78 is 0. The van der Waals surface area contributed by atoms with E-state index in [0.717, 1.165) is 50.3 Å². The van der Waals surface area contributed by atoms with Crippen molar-refractivity contribution in [2.24, 2.45) is 11.7 Å². The summed E-state index contributed by atoms with van der Waals surface area (Å²) in [6, 6.07) is 10.6. The van der Waals surface area contributed by atoms with Gasteiger partial charge in [0.25, 0.3) is 0 Å². The van der Waals surface area contributed by atoms with Gasteiger partial charge in [-0.25, -0.2) is 0 Å². The van der Waals surface area contributed by atoms with Crippen molar-refractivity contribution in [3.8, 4) is 6.07 Å². The number of carbonyl (C=O) groups excluding carboxylic acids is 1. The van der Waals surface area contributed by atoms with Gasteiger partial charge >= 0.3 is 0 Å². The second-order valence-corrected chi connectivity index (χ2v) is 5.90. The summed E-state index contributed by atoms with van der Waals surface area (Å²) in [5, 5.41) is 9.19. The van der Waals surface area contributed by atoms with E-state index >= 15 is 0 Å². The van der Waals surface area contributed by atoms with Crippen LogP contribution in [0.4, 0.5) is 5.69 Å². The SMILES string of the molecule is N#Cc1ccccc1N1CCC(N2CC(C(N)=O)C2)CC1. The third kappa shape index (κ3) is 2.72. The third-order valence-electron chi connectivity index (χ3n) is 4.66.